The lowest BCUT2D eigenvalue weighted by Gasteiger charge is -2.14. The van der Waals surface area contributed by atoms with Crippen LogP contribution in [0.1, 0.15) is 5.56 Å². The molecule has 4 nitrogen and oxygen atoms in total. The van der Waals surface area contributed by atoms with Crippen molar-refractivity contribution >= 4 is 11.4 Å². The largest absolute Gasteiger partial charge is 0.464 e. The molecule has 0 saturated carbocycles. The summed E-state index contributed by atoms with van der Waals surface area (Å²) in [5, 5.41) is 3.17. The molecule has 1 heterocycles. The van der Waals surface area contributed by atoms with Gasteiger partial charge in [0.15, 0.2) is 0 Å². The number of nitrogen functional groups attached to an aromatic ring is 1. The third kappa shape index (κ3) is 2.49. The van der Waals surface area contributed by atoms with E-state index in [2.05, 4.69) is 5.32 Å². The monoisotopic (exact) mass is 246 g/mol. The van der Waals surface area contributed by atoms with Crippen LogP contribution in [0.15, 0.2) is 34.9 Å². The maximum atomic E-state index is 5.93. The molecule has 4 heteroatoms. The fourth-order valence-electron chi connectivity index (χ4n) is 2.04. The van der Waals surface area contributed by atoms with Gasteiger partial charge in [0.2, 0.25) is 0 Å². The van der Waals surface area contributed by atoms with Crippen LogP contribution in [-0.2, 0) is 11.2 Å². The number of ether oxygens (including phenoxy) is 1. The first-order chi connectivity index (χ1) is 8.76. The maximum Gasteiger partial charge on any atom is 0.134 e. The molecule has 2 aromatic rings. The summed E-state index contributed by atoms with van der Waals surface area (Å²) in [5.41, 5.74) is 9.82. The van der Waals surface area contributed by atoms with E-state index in [1.165, 1.54) is 0 Å². The minimum atomic E-state index is 0.659. The van der Waals surface area contributed by atoms with Crippen LogP contribution in [0.5, 0.6) is 0 Å². The van der Waals surface area contributed by atoms with Crippen LogP contribution in [-0.4, -0.2) is 20.8 Å². The van der Waals surface area contributed by atoms with E-state index < -0.39 is 0 Å². The highest BCUT2D eigenvalue weighted by atomic mass is 16.5. The number of methoxy groups -OCH3 is 1. The average molecular weight is 246 g/mol. The normalized spacial score (nSPS) is 10.6. The summed E-state index contributed by atoms with van der Waals surface area (Å²) in [4.78, 5) is 0. The molecule has 0 unspecified atom stereocenters. The lowest BCUT2D eigenvalue weighted by molar-refractivity contribution is 0.202. The van der Waals surface area contributed by atoms with E-state index in [0.717, 1.165) is 29.0 Å². The molecule has 0 aliphatic rings. The standard InChI is InChI=1S/C14H18N2O2/c1-16-13-9-10(15)8-12(11(13)5-7-17-2)14-4-3-6-18-14/h3-4,6,8-9,16H,5,7,15H2,1-2H3. The van der Waals surface area contributed by atoms with Gasteiger partial charge < -0.3 is 20.2 Å². The van der Waals surface area contributed by atoms with Gasteiger partial charge in [0, 0.05) is 31.1 Å². The molecule has 0 aliphatic carbocycles. The van der Waals surface area contributed by atoms with Crippen LogP contribution >= 0.6 is 0 Å². The first-order valence-corrected chi connectivity index (χ1v) is 5.89. The summed E-state index contributed by atoms with van der Waals surface area (Å²) in [6.45, 7) is 0.659. The van der Waals surface area contributed by atoms with E-state index >= 15 is 0 Å². The highest BCUT2D eigenvalue weighted by Gasteiger charge is 2.13. The first-order valence-electron chi connectivity index (χ1n) is 5.89. The molecule has 0 spiro atoms. The van der Waals surface area contributed by atoms with Gasteiger partial charge in [-0.1, -0.05) is 0 Å². The second-order valence-electron chi connectivity index (χ2n) is 4.06. The number of anilines is 2. The highest BCUT2D eigenvalue weighted by molar-refractivity contribution is 5.76. The van der Waals surface area contributed by atoms with Crippen LogP contribution in [0.25, 0.3) is 11.3 Å². The number of benzene rings is 1. The Kier molecular flexibility index (Phi) is 3.89. The Labute approximate surface area is 107 Å². The molecule has 0 atom stereocenters. The number of hydrogen-bond acceptors (Lipinski definition) is 4. The molecule has 1 aromatic carbocycles. The van der Waals surface area contributed by atoms with E-state index in [1.54, 1.807) is 13.4 Å². The van der Waals surface area contributed by atoms with Crippen LogP contribution < -0.4 is 11.1 Å². The Morgan fingerprint density at radius 2 is 2.22 bits per heavy atom. The SMILES string of the molecule is CNc1cc(N)cc(-c2ccco2)c1CCOC. The van der Waals surface area contributed by atoms with Crippen molar-refractivity contribution in [1.82, 2.24) is 0 Å². The molecular formula is C14H18N2O2. The number of hydrogen-bond donors (Lipinski definition) is 2. The van der Waals surface area contributed by atoms with Gasteiger partial charge in [0.25, 0.3) is 0 Å². The Bertz CT molecular complexity index is 507. The zero-order valence-corrected chi connectivity index (χ0v) is 10.7. The van der Waals surface area contributed by atoms with Gasteiger partial charge in [0.1, 0.15) is 5.76 Å². The molecule has 18 heavy (non-hydrogen) atoms. The van der Waals surface area contributed by atoms with E-state index in [1.807, 2.05) is 31.3 Å². The third-order valence-electron chi connectivity index (χ3n) is 2.88. The molecule has 0 amide bonds. The van der Waals surface area contributed by atoms with Crippen molar-refractivity contribution < 1.29 is 9.15 Å². The second kappa shape index (κ2) is 5.60. The lowest BCUT2D eigenvalue weighted by atomic mass is 9.99. The van der Waals surface area contributed by atoms with Crippen molar-refractivity contribution in [1.29, 1.82) is 0 Å². The molecule has 0 aliphatic heterocycles. The highest BCUT2D eigenvalue weighted by Crippen LogP contribution is 2.32. The number of rotatable bonds is 5. The van der Waals surface area contributed by atoms with Crippen molar-refractivity contribution in [2.45, 2.75) is 6.42 Å². The van der Waals surface area contributed by atoms with E-state index in [4.69, 9.17) is 14.9 Å². The fraction of sp³-hybridized carbons (Fsp3) is 0.286. The summed E-state index contributed by atoms with van der Waals surface area (Å²) in [6.07, 6.45) is 2.47. The molecule has 96 valence electrons. The summed E-state index contributed by atoms with van der Waals surface area (Å²) < 4.78 is 10.6. The van der Waals surface area contributed by atoms with Gasteiger partial charge >= 0.3 is 0 Å². The first kappa shape index (κ1) is 12.5. The summed E-state index contributed by atoms with van der Waals surface area (Å²) in [7, 11) is 3.58. The predicted octanol–water partition coefficient (Wildman–Crippen LogP) is 2.76. The number of nitrogens with one attached hydrogen (secondary N) is 1. The minimum Gasteiger partial charge on any atom is -0.464 e. The Morgan fingerprint density at radius 3 is 2.83 bits per heavy atom. The van der Waals surface area contributed by atoms with Gasteiger partial charge in [-0.3, -0.25) is 0 Å². The second-order valence-corrected chi connectivity index (χ2v) is 4.06. The molecule has 0 bridgehead atoms. The van der Waals surface area contributed by atoms with Gasteiger partial charge in [-0.25, -0.2) is 0 Å². The van der Waals surface area contributed by atoms with Crippen molar-refractivity contribution in [2.24, 2.45) is 0 Å². The molecule has 2 rings (SSSR count). The number of furan rings is 1. The van der Waals surface area contributed by atoms with Crippen molar-refractivity contribution in [3.05, 3.63) is 36.1 Å². The molecular weight excluding hydrogens is 228 g/mol. The van der Waals surface area contributed by atoms with E-state index in [-0.39, 0.29) is 0 Å². The van der Waals surface area contributed by atoms with E-state index in [0.29, 0.717) is 12.3 Å². The van der Waals surface area contributed by atoms with Gasteiger partial charge in [-0.15, -0.1) is 0 Å². The van der Waals surface area contributed by atoms with Crippen LogP contribution in [0.4, 0.5) is 11.4 Å². The Balaban J connectivity index is 2.51. The van der Waals surface area contributed by atoms with Crippen LogP contribution in [0, 0.1) is 0 Å². The van der Waals surface area contributed by atoms with Crippen molar-refractivity contribution in [3.63, 3.8) is 0 Å². The number of nitrogens with two attached hydrogens (primary N) is 1. The van der Waals surface area contributed by atoms with E-state index in [9.17, 15) is 0 Å². The topological polar surface area (TPSA) is 60.4 Å². The van der Waals surface area contributed by atoms with Crippen molar-refractivity contribution in [2.75, 3.05) is 31.8 Å². The average Bonchev–Trinajstić information content (AvgIpc) is 2.90. The zero-order chi connectivity index (χ0) is 13.0. The lowest BCUT2D eigenvalue weighted by Crippen LogP contribution is -2.03. The Hall–Kier alpha value is -1.94. The predicted molar refractivity (Wildman–Crippen MR) is 73.7 cm³/mol. The molecule has 0 radical (unpaired) electrons. The fourth-order valence-corrected chi connectivity index (χ4v) is 2.04. The van der Waals surface area contributed by atoms with Gasteiger partial charge in [-0.2, -0.15) is 0 Å². The Morgan fingerprint density at radius 1 is 1.39 bits per heavy atom. The van der Waals surface area contributed by atoms with Crippen LogP contribution in [0.2, 0.25) is 0 Å². The summed E-state index contributed by atoms with van der Waals surface area (Å²) in [5.74, 6) is 0.824. The molecule has 0 saturated heterocycles. The molecule has 0 fully saturated rings. The van der Waals surface area contributed by atoms with Gasteiger partial charge in [0.05, 0.1) is 12.9 Å². The zero-order valence-electron chi connectivity index (χ0n) is 10.7. The molecule has 3 N–H and O–H groups in total. The quantitative estimate of drug-likeness (QED) is 0.796. The summed E-state index contributed by atoms with van der Waals surface area (Å²) >= 11 is 0. The third-order valence-corrected chi connectivity index (χ3v) is 2.88. The van der Waals surface area contributed by atoms with Gasteiger partial charge in [-0.05, 0) is 36.2 Å². The maximum absolute atomic E-state index is 5.93. The molecule has 1 aromatic heterocycles. The smallest absolute Gasteiger partial charge is 0.134 e. The van der Waals surface area contributed by atoms with Crippen LogP contribution in [0.3, 0.4) is 0 Å². The minimum absolute atomic E-state index is 0.659. The summed E-state index contributed by atoms with van der Waals surface area (Å²) in [6, 6.07) is 7.67. The van der Waals surface area contributed by atoms with Crippen molar-refractivity contribution in [3.8, 4) is 11.3 Å².